The first-order chi connectivity index (χ1) is 14.5. The zero-order chi connectivity index (χ0) is 21.3. The zero-order valence-electron chi connectivity index (χ0n) is 15.9. The molecule has 2 aromatic carbocycles. The lowest BCUT2D eigenvalue weighted by molar-refractivity contribution is -0.132. The highest BCUT2D eigenvalue weighted by molar-refractivity contribution is 6.51. The van der Waals surface area contributed by atoms with Gasteiger partial charge in [0.1, 0.15) is 23.1 Å². The summed E-state index contributed by atoms with van der Waals surface area (Å²) in [6.45, 7) is 0. The van der Waals surface area contributed by atoms with E-state index in [4.69, 9.17) is 4.74 Å². The number of ketones is 1. The molecule has 1 aromatic heterocycles. The van der Waals surface area contributed by atoms with Crippen LogP contribution in [-0.2, 0) is 9.59 Å². The van der Waals surface area contributed by atoms with E-state index in [1.54, 1.807) is 48.5 Å². The number of methoxy groups -OCH3 is 1. The molecule has 0 saturated carbocycles. The summed E-state index contributed by atoms with van der Waals surface area (Å²) in [7, 11) is 1.48. The van der Waals surface area contributed by atoms with Crippen molar-refractivity contribution in [1.29, 1.82) is 0 Å². The van der Waals surface area contributed by atoms with Crippen molar-refractivity contribution in [3.63, 3.8) is 0 Å². The van der Waals surface area contributed by atoms with Crippen LogP contribution in [0.2, 0.25) is 0 Å². The third-order valence-corrected chi connectivity index (χ3v) is 4.85. The second-order valence-corrected chi connectivity index (χ2v) is 6.64. The number of pyridine rings is 1. The van der Waals surface area contributed by atoms with E-state index in [0.717, 1.165) is 0 Å². The largest absolute Gasteiger partial charge is 0.507 e. The minimum atomic E-state index is -1.04. The Kier molecular flexibility index (Phi) is 5.02. The SMILES string of the molecule is COc1cccc(/C(O)=C2\C(=O)C(=O)N(c3ccccn3)[C@@H]2c2cccc(F)c2)c1. The van der Waals surface area contributed by atoms with Gasteiger partial charge in [-0.1, -0.05) is 30.3 Å². The van der Waals surface area contributed by atoms with E-state index < -0.39 is 23.5 Å². The molecule has 0 bridgehead atoms. The Morgan fingerprint density at radius 2 is 1.87 bits per heavy atom. The second-order valence-electron chi connectivity index (χ2n) is 6.64. The topological polar surface area (TPSA) is 79.7 Å². The molecule has 0 unspecified atom stereocenters. The summed E-state index contributed by atoms with van der Waals surface area (Å²) in [5, 5.41) is 11.0. The van der Waals surface area contributed by atoms with Crippen LogP contribution in [0, 0.1) is 5.82 Å². The first-order valence-corrected chi connectivity index (χ1v) is 9.13. The van der Waals surface area contributed by atoms with E-state index in [1.165, 1.54) is 36.4 Å². The number of nitrogens with zero attached hydrogens (tertiary/aromatic N) is 2. The fraction of sp³-hybridized carbons (Fsp3) is 0.0870. The number of hydrogen-bond donors (Lipinski definition) is 1. The number of anilines is 1. The van der Waals surface area contributed by atoms with Gasteiger partial charge in [0.2, 0.25) is 0 Å². The predicted octanol–water partition coefficient (Wildman–Crippen LogP) is 3.86. The molecule has 1 amide bonds. The summed E-state index contributed by atoms with van der Waals surface area (Å²) >= 11 is 0. The van der Waals surface area contributed by atoms with Crippen LogP contribution in [0.5, 0.6) is 5.75 Å². The molecular formula is C23H17FN2O4. The first kappa shape index (κ1) is 19.3. The minimum Gasteiger partial charge on any atom is -0.507 e. The lowest BCUT2D eigenvalue weighted by Crippen LogP contribution is -2.30. The summed E-state index contributed by atoms with van der Waals surface area (Å²) < 4.78 is 19.2. The van der Waals surface area contributed by atoms with Gasteiger partial charge in [-0.15, -0.1) is 0 Å². The Morgan fingerprint density at radius 3 is 2.57 bits per heavy atom. The van der Waals surface area contributed by atoms with Crippen LogP contribution >= 0.6 is 0 Å². The average Bonchev–Trinajstić information content (AvgIpc) is 3.04. The van der Waals surface area contributed by atoms with Crippen LogP contribution in [0.25, 0.3) is 5.76 Å². The fourth-order valence-electron chi connectivity index (χ4n) is 3.48. The van der Waals surface area contributed by atoms with Crippen molar-refractivity contribution < 1.29 is 23.8 Å². The summed E-state index contributed by atoms with van der Waals surface area (Å²) in [5.74, 6) is -1.94. The zero-order valence-corrected chi connectivity index (χ0v) is 15.9. The molecule has 1 atom stereocenters. The normalized spacial score (nSPS) is 17.9. The molecule has 0 aliphatic carbocycles. The Balaban J connectivity index is 1.95. The van der Waals surface area contributed by atoms with Crippen molar-refractivity contribution >= 4 is 23.3 Å². The van der Waals surface area contributed by atoms with E-state index in [2.05, 4.69) is 4.98 Å². The van der Waals surface area contributed by atoms with Crippen LogP contribution in [-0.4, -0.2) is 28.9 Å². The number of aliphatic hydroxyl groups excluding tert-OH is 1. The molecule has 4 rings (SSSR count). The molecule has 3 aromatic rings. The molecule has 30 heavy (non-hydrogen) atoms. The molecule has 1 saturated heterocycles. The summed E-state index contributed by atoms with van der Waals surface area (Å²) in [5.41, 5.74) is 0.489. The number of Topliss-reactive ketones (excluding diaryl/α,β-unsaturated/α-hetero) is 1. The van der Waals surface area contributed by atoms with E-state index in [-0.39, 0.29) is 17.2 Å². The lowest BCUT2D eigenvalue weighted by Gasteiger charge is -2.24. The summed E-state index contributed by atoms with van der Waals surface area (Å²) in [6.07, 6.45) is 1.49. The molecule has 0 radical (unpaired) electrons. The highest BCUT2D eigenvalue weighted by atomic mass is 19.1. The molecule has 1 N–H and O–H groups in total. The maximum atomic E-state index is 14.0. The monoisotopic (exact) mass is 404 g/mol. The van der Waals surface area contributed by atoms with Crippen LogP contribution in [0.4, 0.5) is 10.2 Å². The van der Waals surface area contributed by atoms with Gasteiger partial charge in [0, 0.05) is 11.8 Å². The van der Waals surface area contributed by atoms with Gasteiger partial charge in [-0.3, -0.25) is 14.5 Å². The maximum Gasteiger partial charge on any atom is 0.301 e. The number of aromatic nitrogens is 1. The average molecular weight is 404 g/mol. The Morgan fingerprint density at radius 1 is 1.07 bits per heavy atom. The standard InChI is InChI=1S/C23H17FN2O4/c1-30-17-9-5-7-15(13-17)21(27)19-20(14-6-4-8-16(24)12-14)26(23(29)22(19)28)18-10-2-3-11-25-18/h2-13,20,27H,1H3/b21-19+/t20-/m1/s1. The first-order valence-electron chi connectivity index (χ1n) is 9.13. The van der Waals surface area contributed by atoms with Crippen molar-refractivity contribution in [2.24, 2.45) is 0 Å². The van der Waals surface area contributed by atoms with Crippen LogP contribution in [0.15, 0.2) is 78.5 Å². The quantitative estimate of drug-likeness (QED) is 0.406. The van der Waals surface area contributed by atoms with E-state index in [9.17, 15) is 19.1 Å². The minimum absolute atomic E-state index is 0.149. The molecule has 150 valence electrons. The lowest BCUT2D eigenvalue weighted by atomic mass is 9.95. The highest BCUT2D eigenvalue weighted by Crippen LogP contribution is 2.41. The number of carbonyl (C=O) groups is 2. The van der Waals surface area contributed by atoms with Gasteiger partial charge in [-0.25, -0.2) is 9.37 Å². The van der Waals surface area contributed by atoms with Gasteiger partial charge in [-0.05, 0) is 42.0 Å². The van der Waals surface area contributed by atoms with Crippen molar-refractivity contribution in [2.45, 2.75) is 6.04 Å². The number of ether oxygens (including phenoxy) is 1. The van der Waals surface area contributed by atoms with E-state index in [0.29, 0.717) is 16.9 Å². The van der Waals surface area contributed by atoms with Gasteiger partial charge in [-0.2, -0.15) is 0 Å². The molecule has 7 heteroatoms. The third-order valence-electron chi connectivity index (χ3n) is 4.85. The van der Waals surface area contributed by atoms with Crippen LogP contribution in [0.1, 0.15) is 17.2 Å². The van der Waals surface area contributed by atoms with Crippen LogP contribution < -0.4 is 9.64 Å². The van der Waals surface area contributed by atoms with Gasteiger partial charge >= 0.3 is 5.91 Å². The van der Waals surface area contributed by atoms with Gasteiger partial charge in [0.25, 0.3) is 5.78 Å². The number of rotatable bonds is 4. The van der Waals surface area contributed by atoms with Crippen molar-refractivity contribution in [2.75, 3.05) is 12.0 Å². The fourth-order valence-corrected chi connectivity index (χ4v) is 3.48. The van der Waals surface area contributed by atoms with Gasteiger partial charge in [0.15, 0.2) is 0 Å². The van der Waals surface area contributed by atoms with Crippen molar-refractivity contribution in [3.8, 4) is 5.75 Å². The Hall–Kier alpha value is -4.00. The molecule has 1 aliphatic rings. The van der Waals surface area contributed by atoms with Crippen molar-refractivity contribution in [3.05, 3.63) is 95.4 Å². The second kappa shape index (κ2) is 7.79. The van der Waals surface area contributed by atoms with E-state index in [1.807, 2.05) is 0 Å². The Labute approximate surface area is 171 Å². The molecule has 2 heterocycles. The number of aliphatic hydroxyl groups is 1. The smallest absolute Gasteiger partial charge is 0.301 e. The number of carbonyl (C=O) groups excluding carboxylic acids is 2. The maximum absolute atomic E-state index is 14.0. The third kappa shape index (κ3) is 3.30. The Bertz CT molecular complexity index is 1160. The number of halogens is 1. The van der Waals surface area contributed by atoms with Crippen LogP contribution in [0.3, 0.4) is 0 Å². The molecule has 6 nitrogen and oxygen atoms in total. The van der Waals surface area contributed by atoms with Gasteiger partial charge < -0.3 is 9.84 Å². The predicted molar refractivity (Wildman–Crippen MR) is 108 cm³/mol. The molecule has 1 aliphatic heterocycles. The van der Waals surface area contributed by atoms with Crippen molar-refractivity contribution in [1.82, 2.24) is 4.98 Å². The van der Waals surface area contributed by atoms with E-state index >= 15 is 0 Å². The number of hydrogen-bond acceptors (Lipinski definition) is 5. The van der Waals surface area contributed by atoms with Gasteiger partial charge in [0.05, 0.1) is 18.7 Å². The number of amides is 1. The highest BCUT2D eigenvalue weighted by Gasteiger charge is 2.47. The molecule has 1 fully saturated rings. The summed E-state index contributed by atoms with van der Waals surface area (Å²) in [6, 6.07) is 15.9. The summed E-state index contributed by atoms with van der Waals surface area (Å²) in [4.78, 5) is 31.2. The number of benzene rings is 2. The molecule has 0 spiro atoms. The molecular weight excluding hydrogens is 387 g/mol.